The second kappa shape index (κ2) is 4.39. The Bertz CT molecular complexity index is 103. The average Bonchev–Trinajstić information content (AvgIpc) is 2.05. The molecule has 1 aliphatic rings. The highest BCUT2D eigenvalue weighted by molar-refractivity contribution is 7.80. The molecule has 1 fully saturated rings. The van der Waals surface area contributed by atoms with Crippen molar-refractivity contribution in [1.82, 2.24) is 0 Å². The maximum atomic E-state index is 4.35. The molecule has 1 aliphatic carbocycles. The van der Waals surface area contributed by atoms with Crippen molar-refractivity contribution in [3.05, 3.63) is 0 Å². The van der Waals surface area contributed by atoms with Crippen molar-refractivity contribution in [2.45, 2.75) is 39.5 Å². The molecule has 0 aliphatic heterocycles. The van der Waals surface area contributed by atoms with E-state index in [1.165, 1.54) is 25.7 Å². The summed E-state index contributed by atoms with van der Waals surface area (Å²) in [7, 11) is 0. The van der Waals surface area contributed by atoms with E-state index in [0.717, 1.165) is 23.5 Å². The second-order valence-electron chi connectivity index (χ2n) is 4.18. The summed E-state index contributed by atoms with van der Waals surface area (Å²) >= 11 is 4.35. The Balaban J connectivity index is 2.27. The molecule has 0 spiro atoms. The topological polar surface area (TPSA) is 0 Å². The summed E-state index contributed by atoms with van der Waals surface area (Å²) in [5, 5.41) is 0. The molecule has 0 amide bonds. The normalized spacial score (nSPS) is 35.2. The third-order valence-corrected chi connectivity index (χ3v) is 3.73. The van der Waals surface area contributed by atoms with E-state index in [1.807, 2.05) is 0 Å². The zero-order chi connectivity index (χ0) is 8.27. The Morgan fingerprint density at radius 1 is 1.27 bits per heavy atom. The fraction of sp³-hybridized carbons (Fsp3) is 1.00. The van der Waals surface area contributed by atoms with E-state index in [2.05, 4.69) is 26.5 Å². The first kappa shape index (κ1) is 9.44. The van der Waals surface area contributed by atoms with Crippen LogP contribution in [0, 0.1) is 17.8 Å². The summed E-state index contributed by atoms with van der Waals surface area (Å²) in [4.78, 5) is 0. The summed E-state index contributed by atoms with van der Waals surface area (Å²) in [5.74, 6) is 3.87. The van der Waals surface area contributed by atoms with Crippen LogP contribution in [0.1, 0.15) is 39.5 Å². The van der Waals surface area contributed by atoms with Gasteiger partial charge in [0.15, 0.2) is 0 Å². The third-order valence-electron chi connectivity index (χ3n) is 3.15. The van der Waals surface area contributed by atoms with Crippen LogP contribution in [0.5, 0.6) is 0 Å². The third kappa shape index (κ3) is 2.70. The first-order valence-corrected chi connectivity index (χ1v) is 5.48. The lowest BCUT2D eigenvalue weighted by Gasteiger charge is -2.29. The Hall–Kier alpha value is 0.350. The summed E-state index contributed by atoms with van der Waals surface area (Å²) in [6, 6.07) is 0. The molecule has 0 aromatic heterocycles. The van der Waals surface area contributed by atoms with Gasteiger partial charge in [-0.05, 0) is 36.3 Å². The molecule has 0 radical (unpaired) electrons. The monoisotopic (exact) mass is 172 g/mol. The van der Waals surface area contributed by atoms with Crippen LogP contribution < -0.4 is 0 Å². The lowest BCUT2D eigenvalue weighted by Crippen LogP contribution is -2.19. The molecular weight excluding hydrogens is 152 g/mol. The SMILES string of the molecule is CC1CCC([C@@H](C)CS)CC1. The van der Waals surface area contributed by atoms with Crippen molar-refractivity contribution in [2.75, 3.05) is 5.75 Å². The maximum Gasteiger partial charge on any atom is -0.00695 e. The van der Waals surface area contributed by atoms with Crippen LogP contribution in [0.3, 0.4) is 0 Å². The van der Waals surface area contributed by atoms with E-state index < -0.39 is 0 Å². The van der Waals surface area contributed by atoms with Gasteiger partial charge in [0.05, 0.1) is 0 Å². The molecule has 0 heterocycles. The molecule has 0 N–H and O–H groups in total. The molecule has 1 saturated carbocycles. The van der Waals surface area contributed by atoms with Gasteiger partial charge in [0.25, 0.3) is 0 Å². The predicted molar refractivity (Wildman–Crippen MR) is 54.1 cm³/mol. The summed E-state index contributed by atoms with van der Waals surface area (Å²) in [6.07, 6.45) is 5.79. The maximum absolute atomic E-state index is 4.35. The van der Waals surface area contributed by atoms with Crippen molar-refractivity contribution in [1.29, 1.82) is 0 Å². The van der Waals surface area contributed by atoms with Crippen LogP contribution in [-0.4, -0.2) is 5.75 Å². The number of hydrogen-bond donors (Lipinski definition) is 1. The molecule has 66 valence electrons. The average molecular weight is 172 g/mol. The summed E-state index contributed by atoms with van der Waals surface area (Å²) in [6.45, 7) is 4.72. The number of hydrogen-bond acceptors (Lipinski definition) is 1. The Morgan fingerprint density at radius 3 is 2.27 bits per heavy atom. The minimum absolute atomic E-state index is 0.839. The lowest BCUT2D eigenvalue weighted by atomic mass is 9.78. The number of thiol groups is 1. The molecule has 0 aromatic rings. The predicted octanol–water partition coefficient (Wildman–Crippen LogP) is 3.38. The Kier molecular flexibility index (Phi) is 3.77. The van der Waals surface area contributed by atoms with Crippen molar-refractivity contribution in [2.24, 2.45) is 17.8 Å². The van der Waals surface area contributed by atoms with Crippen LogP contribution in [-0.2, 0) is 0 Å². The standard InChI is InChI=1S/C10H20S/c1-8-3-5-10(6-4-8)9(2)7-11/h8-11H,3-7H2,1-2H3/t8?,9-,10?/m0/s1. The van der Waals surface area contributed by atoms with Gasteiger partial charge in [0.1, 0.15) is 0 Å². The lowest BCUT2D eigenvalue weighted by molar-refractivity contribution is 0.237. The largest absolute Gasteiger partial charge is 0.179 e. The smallest absolute Gasteiger partial charge is 0.00695 e. The van der Waals surface area contributed by atoms with E-state index in [-0.39, 0.29) is 0 Å². The first-order valence-electron chi connectivity index (χ1n) is 4.85. The van der Waals surface area contributed by atoms with Crippen LogP contribution in [0.15, 0.2) is 0 Å². The van der Waals surface area contributed by atoms with E-state index in [9.17, 15) is 0 Å². The molecule has 1 atom stereocenters. The quantitative estimate of drug-likeness (QED) is 0.607. The van der Waals surface area contributed by atoms with E-state index in [4.69, 9.17) is 0 Å². The molecular formula is C10H20S. The molecule has 0 unspecified atom stereocenters. The zero-order valence-electron chi connectivity index (χ0n) is 7.71. The van der Waals surface area contributed by atoms with Gasteiger partial charge in [-0.25, -0.2) is 0 Å². The fourth-order valence-corrected chi connectivity index (χ4v) is 2.30. The fourth-order valence-electron chi connectivity index (χ4n) is 2.00. The summed E-state index contributed by atoms with van der Waals surface area (Å²) in [5.41, 5.74) is 0. The highest BCUT2D eigenvalue weighted by atomic mass is 32.1. The van der Waals surface area contributed by atoms with Crippen LogP contribution in [0.2, 0.25) is 0 Å². The highest BCUT2D eigenvalue weighted by Gasteiger charge is 2.21. The van der Waals surface area contributed by atoms with Crippen molar-refractivity contribution in [3.8, 4) is 0 Å². The van der Waals surface area contributed by atoms with Crippen LogP contribution in [0.25, 0.3) is 0 Å². The molecule has 11 heavy (non-hydrogen) atoms. The molecule has 0 aromatic carbocycles. The van der Waals surface area contributed by atoms with Gasteiger partial charge in [-0.1, -0.05) is 26.7 Å². The van der Waals surface area contributed by atoms with Crippen LogP contribution in [0.4, 0.5) is 0 Å². The molecule has 1 rings (SSSR count). The molecule has 0 nitrogen and oxygen atoms in total. The zero-order valence-corrected chi connectivity index (χ0v) is 8.61. The minimum atomic E-state index is 0.839. The minimum Gasteiger partial charge on any atom is -0.179 e. The second-order valence-corrected chi connectivity index (χ2v) is 4.54. The van der Waals surface area contributed by atoms with Gasteiger partial charge in [-0.2, -0.15) is 12.6 Å². The van der Waals surface area contributed by atoms with Crippen LogP contribution >= 0.6 is 12.6 Å². The molecule has 0 saturated heterocycles. The molecule has 0 bridgehead atoms. The Labute approximate surface area is 76.2 Å². The van der Waals surface area contributed by atoms with Gasteiger partial charge in [-0.15, -0.1) is 0 Å². The van der Waals surface area contributed by atoms with E-state index in [0.29, 0.717) is 0 Å². The van der Waals surface area contributed by atoms with Crippen molar-refractivity contribution in [3.63, 3.8) is 0 Å². The van der Waals surface area contributed by atoms with Gasteiger partial charge < -0.3 is 0 Å². The Morgan fingerprint density at radius 2 is 1.82 bits per heavy atom. The van der Waals surface area contributed by atoms with Gasteiger partial charge in [0.2, 0.25) is 0 Å². The highest BCUT2D eigenvalue weighted by Crippen LogP contribution is 2.33. The van der Waals surface area contributed by atoms with E-state index in [1.54, 1.807) is 0 Å². The summed E-state index contributed by atoms with van der Waals surface area (Å²) < 4.78 is 0. The van der Waals surface area contributed by atoms with E-state index >= 15 is 0 Å². The molecule has 1 heteroatoms. The van der Waals surface area contributed by atoms with Crippen molar-refractivity contribution < 1.29 is 0 Å². The van der Waals surface area contributed by atoms with Crippen molar-refractivity contribution >= 4 is 12.6 Å². The first-order chi connectivity index (χ1) is 5.24. The number of rotatable bonds is 2. The van der Waals surface area contributed by atoms with Gasteiger partial charge in [0, 0.05) is 0 Å². The van der Waals surface area contributed by atoms with Gasteiger partial charge in [-0.3, -0.25) is 0 Å². The van der Waals surface area contributed by atoms with Gasteiger partial charge >= 0.3 is 0 Å².